The number of rotatable bonds is 4. The molecule has 0 unspecified atom stereocenters. The number of likely N-dealkylation sites (tertiary alicyclic amines) is 1. The van der Waals surface area contributed by atoms with Crippen molar-refractivity contribution in [2.75, 3.05) is 31.1 Å². The van der Waals surface area contributed by atoms with Crippen molar-refractivity contribution < 1.29 is 9.53 Å². The molecule has 0 bridgehead atoms. The van der Waals surface area contributed by atoms with Crippen LogP contribution in [-0.4, -0.2) is 46.6 Å². The summed E-state index contributed by atoms with van der Waals surface area (Å²) in [7, 11) is 0. The minimum Gasteiger partial charge on any atom is -0.445 e. The average molecular weight is 530 g/mol. The molecule has 7 nitrogen and oxygen atoms in total. The van der Waals surface area contributed by atoms with Crippen LogP contribution < -0.4 is 4.90 Å². The number of pyridine rings is 1. The van der Waals surface area contributed by atoms with Gasteiger partial charge in [0.2, 0.25) is 0 Å². The SMILES string of the molecule is Cc1c(C2CCN(C(=O)OCc3ccccc3)CC2)c(C#N)c2nc3ccccc3n2c1N1CCCC1.Cl. The molecule has 1 amide bonds. The summed E-state index contributed by atoms with van der Waals surface area (Å²) in [5, 5.41) is 10.4. The maximum Gasteiger partial charge on any atom is 0.410 e. The normalized spacial score (nSPS) is 16.0. The van der Waals surface area contributed by atoms with Gasteiger partial charge in [0.25, 0.3) is 0 Å². The summed E-state index contributed by atoms with van der Waals surface area (Å²) in [6.45, 7) is 5.70. The van der Waals surface area contributed by atoms with E-state index in [2.05, 4.69) is 28.4 Å². The number of amides is 1. The Hall–Kier alpha value is -3.76. The van der Waals surface area contributed by atoms with Gasteiger partial charge in [0.1, 0.15) is 18.5 Å². The number of aromatic nitrogens is 2. The fourth-order valence-electron chi connectivity index (χ4n) is 6.09. The second-order valence-electron chi connectivity index (χ2n) is 10.1. The van der Waals surface area contributed by atoms with Crippen molar-refractivity contribution in [3.63, 3.8) is 0 Å². The third-order valence-electron chi connectivity index (χ3n) is 7.89. The van der Waals surface area contributed by atoms with Gasteiger partial charge < -0.3 is 14.5 Å². The van der Waals surface area contributed by atoms with E-state index in [1.165, 1.54) is 24.2 Å². The van der Waals surface area contributed by atoms with Crippen LogP contribution in [0.3, 0.4) is 0 Å². The number of hydrogen-bond acceptors (Lipinski definition) is 5. The Morgan fingerprint density at radius 1 is 1.03 bits per heavy atom. The fourth-order valence-corrected chi connectivity index (χ4v) is 6.09. The summed E-state index contributed by atoms with van der Waals surface area (Å²) in [5.74, 6) is 1.36. The van der Waals surface area contributed by atoms with Crippen LogP contribution in [-0.2, 0) is 11.3 Å². The maximum atomic E-state index is 12.7. The molecule has 0 spiro atoms. The standard InChI is InChI=1S/C30H31N5O2.ClH/c1-21-27(23-13-17-34(18-14-23)30(36)37-20-22-9-3-2-4-10-22)24(19-31)28-32-25-11-5-6-12-26(25)35(28)29(21)33-15-7-8-16-33;/h2-6,9-12,23H,7-8,13-18,20H2,1H3;1H. The van der Waals surface area contributed by atoms with E-state index in [1.54, 1.807) is 4.90 Å². The Balaban J connectivity index is 0.00000294. The van der Waals surface area contributed by atoms with Crippen LogP contribution in [0, 0.1) is 18.3 Å². The summed E-state index contributed by atoms with van der Waals surface area (Å²) in [5.41, 5.74) is 6.62. The number of nitrogens with zero attached hydrogens (tertiary/aromatic N) is 5. The van der Waals surface area contributed by atoms with E-state index in [4.69, 9.17) is 9.72 Å². The fraction of sp³-hybridized carbons (Fsp3) is 0.367. The minimum absolute atomic E-state index is 0. The first-order chi connectivity index (χ1) is 18.2. The predicted octanol–water partition coefficient (Wildman–Crippen LogP) is 6.21. The number of ether oxygens (including phenoxy) is 1. The number of para-hydroxylation sites is 2. The molecule has 2 fully saturated rings. The zero-order valence-electron chi connectivity index (χ0n) is 21.6. The molecule has 0 radical (unpaired) electrons. The number of imidazole rings is 1. The number of carbonyl (C=O) groups is 1. The van der Waals surface area contributed by atoms with Crippen LogP contribution in [0.1, 0.15) is 53.9 Å². The van der Waals surface area contributed by atoms with Crippen molar-refractivity contribution in [2.24, 2.45) is 0 Å². The number of nitriles is 1. The molecular formula is C30H32ClN5O2. The van der Waals surface area contributed by atoms with Crippen molar-refractivity contribution in [3.05, 3.63) is 76.9 Å². The van der Waals surface area contributed by atoms with Crippen molar-refractivity contribution in [3.8, 4) is 6.07 Å². The molecule has 0 N–H and O–H groups in total. The van der Waals surface area contributed by atoms with E-state index >= 15 is 0 Å². The Morgan fingerprint density at radius 2 is 1.71 bits per heavy atom. The molecule has 2 aliphatic rings. The number of fused-ring (bicyclic) bond motifs is 3. The summed E-state index contributed by atoms with van der Waals surface area (Å²) in [6.07, 6.45) is 3.67. The van der Waals surface area contributed by atoms with E-state index in [0.29, 0.717) is 18.7 Å². The number of hydrogen-bond donors (Lipinski definition) is 0. The van der Waals surface area contributed by atoms with E-state index in [-0.39, 0.29) is 31.0 Å². The molecule has 0 atom stereocenters. The molecule has 6 rings (SSSR count). The highest BCUT2D eigenvalue weighted by molar-refractivity contribution is 5.86. The van der Waals surface area contributed by atoms with Gasteiger partial charge >= 0.3 is 6.09 Å². The first-order valence-electron chi connectivity index (χ1n) is 13.2. The van der Waals surface area contributed by atoms with Gasteiger partial charge in [-0.15, -0.1) is 12.4 Å². The first kappa shape index (κ1) is 25.9. The molecule has 0 aliphatic carbocycles. The smallest absolute Gasteiger partial charge is 0.410 e. The summed E-state index contributed by atoms with van der Waals surface area (Å²) < 4.78 is 7.77. The summed E-state index contributed by atoms with van der Waals surface area (Å²) >= 11 is 0. The molecular weight excluding hydrogens is 498 g/mol. The van der Waals surface area contributed by atoms with Crippen molar-refractivity contribution in [1.29, 1.82) is 5.26 Å². The topological polar surface area (TPSA) is 73.9 Å². The quantitative estimate of drug-likeness (QED) is 0.314. The highest BCUT2D eigenvalue weighted by Gasteiger charge is 2.32. The molecule has 4 aromatic rings. The first-order valence-corrected chi connectivity index (χ1v) is 13.2. The lowest BCUT2D eigenvalue weighted by Crippen LogP contribution is -2.38. The summed E-state index contributed by atoms with van der Waals surface area (Å²) in [6, 6.07) is 20.4. The van der Waals surface area contributed by atoms with E-state index < -0.39 is 0 Å². The molecule has 4 heterocycles. The number of carbonyl (C=O) groups excluding carboxylic acids is 1. The monoisotopic (exact) mass is 529 g/mol. The van der Waals surface area contributed by atoms with Gasteiger partial charge in [-0.25, -0.2) is 9.78 Å². The molecule has 0 saturated carbocycles. The maximum absolute atomic E-state index is 12.7. The lowest BCUT2D eigenvalue weighted by Gasteiger charge is -2.34. The second-order valence-corrected chi connectivity index (χ2v) is 10.1. The lowest BCUT2D eigenvalue weighted by molar-refractivity contribution is 0.0870. The van der Waals surface area contributed by atoms with Crippen LogP contribution in [0.5, 0.6) is 0 Å². The molecule has 2 saturated heterocycles. The van der Waals surface area contributed by atoms with Gasteiger partial charge in [-0.2, -0.15) is 5.26 Å². The third kappa shape index (κ3) is 4.54. The third-order valence-corrected chi connectivity index (χ3v) is 7.89. The van der Waals surface area contributed by atoms with Gasteiger partial charge in [0, 0.05) is 26.2 Å². The van der Waals surface area contributed by atoms with E-state index in [1.807, 2.05) is 48.5 Å². The molecule has 196 valence electrons. The molecule has 38 heavy (non-hydrogen) atoms. The number of piperidine rings is 1. The lowest BCUT2D eigenvalue weighted by atomic mass is 9.84. The van der Waals surface area contributed by atoms with Gasteiger partial charge in [-0.1, -0.05) is 42.5 Å². The Morgan fingerprint density at radius 3 is 2.42 bits per heavy atom. The summed E-state index contributed by atoms with van der Waals surface area (Å²) in [4.78, 5) is 21.9. The average Bonchev–Trinajstić information content (AvgIpc) is 3.60. The van der Waals surface area contributed by atoms with Gasteiger partial charge in [0.05, 0.1) is 16.6 Å². The molecule has 8 heteroatoms. The van der Waals surface area contributed by atoms with Crippen molar-refractivity contribution in [2.45, 2.75) is 45.1 Å². The second kappa shape index (κ2) is 10.9. The Labute approximate surface area is 229 Å². The van der Waals surface area contributed by atoms with Crippen LogP contribution in [0.4, 0.5) is 10.6 Å². The highest BCUT2D eigenvalue weighted by Crippen LogP contribution is 2.40. The predicted molar refractivity (Wildman–Crippen MR) is 151 cm³/mol. The van der Waals surface area contributed by atoms with Crippen molar-refractivity contribution in [1.82, 2.24) is 14.3 Å². The van der Waals surface area contributed by atoms with E-state index in [0.717, 1.165) is 53.7 Å². The van der Waals surface area contributed by atoms with Crippen LogP contribution >= 0.6 is 12.4 Å². The highest BCUT2D eigenvalue weighted by atomic mass is 35.5. The van der Waals surface area contributed by atoms with Crippen LogP contribution in [0.25, 0.3) is 16.7 Å². The van der Waals surface area contributed by atoms with Crippen LogP contribution in [0.2, 0.25) is 0 Å². The zero-order chi connectivity index (χ0) is 25.4. The number of benzene rings is 2. The Bertz CT molecular complexity index is 1500. The van der Waals surface area contributed by atoms with E-state index in [9.17, 15) is 10.1 Å². The molecule has 2 aromatic carbocycles. The van der Waals surface area contributed by atoms with Crippen molar-refractivity contribution >= 4 is 41.0 Å². The molecule has 2 aliphatic heterocycles. The zero-order valence-corrected chi connectivity index (χ0v) is 22.4. The number of halogens is 1. The number of anilines is 1. The molecule has 2 aromatic heterocycles. The van der Waals surface area contributed by atoms with Crippen LogP contribution in [0.15, 0.2) is 54.6 Å². The Kier molecular flexibility index (Phi) is 7.44. The largest absolute Gasteiger partial charge is 0.445 e. The van der Waals surface area contributed by atoms with Gasteiger partial charge in [-0.3, -0.25) is 4.40 Å². The van der Waals surface area contributed by atoms with Gasteiger partial charge in [-0.05, 0) is 67.3 Å². The van der Waals surface area contributed by atoms with Gasteiger partial charge in [0.15, 0.2) is 5.65 Å². The minimum atomic E-state index is -0.271.